The molecule has 0 aliphatic carbocycles. The zero-order chi connectivity index (χ0) is 10.6. The number of nitrogens with zero attached hydrogens (tertiary/aromatic N) is 1. The van der Waals surface area contributed by atoms with E-state index in [-0.39, 0.29) is 11.8 Å². The Morgan fingerprint density at radius 3 is 2.57 bits per heavy atom. The molecule has 0 saturated carbocycles. The number of nitrogens with one attached hydrogen (secondary N) is 1. The Kier molecular flexibility index (Phi) is 4.35. The number of likely N-dealkylation sites (tertiary alicyclic amines) is 1. The fraction of sp³-hybridized carbons (Fsp3) is 0.900. The molecule has 1 aliphatic heterocycles. The van der Waals surface area contributed by atoms with Gasteiger partial charge in [-0.2, -0.15) is 0 Å². The lowest BCUT2D eigenvalue weighted by Crippen LogP contribution is -2.44. The summed E-state index contributed by atoms with van der Waals surface area (Å²) in [5.41, 5.74) is 5.23. The SMILES string of the molecule is CNC1CCN(CC(C)C(N)=O)CC1. The number of hydrogen-bond acceptors (Lipinski definition) is 3. The minimum absolute atomic E-state index is 0.0267. The van der Waals surface area contributed by atoms with Crippen LogP contribution in [0.1, 0.15) is 19.8 Å². The fourth-order valence-corrected chi connectivity index (χ4v) is 1.88. The molecule has 14 heavy (non-hydrogen) atoms. The van der Waals surface area contributed by atoms with Crippen LogP contribution >= 0.6 is 0 Å². The fourth-order valence-electron chi connectivity index (χ4n) is 1.88. The zero-order valence-corrected chi connectivity index (χ0v) is 9.12. The van der Waals surface area contributed by atoms with Crippen molar-refractivity contribution >= 4 is 5.91 Å². The Hall–Kier alpha value is -0.610. The molecule has 0 spiro atoms. The van der Waals surface area contributed by atoms with Crippen molar-refractivity contribution in [3.8, 4) is 0 Å². The molecule has 0 aromatic carbocycles. The van der Waals surface area contributed by atoms with Crippen molar-refractivity contribution < 1.29 is 4.79 Å². The van der Waals surface area contributed by atoms with Gasteiger partial charge in [0.15, 0.2) is 0 Å². The molecule has 0 bridgehead atoms. The Bertz CT molecular complexity index is 188. The Morgan fingerprint density at radius 2 is 2.14 bits per heavy atom. The third kappa shape index (κ3) is 3.27. The van der Waals surface area contributed by atoms with Crippen molar-refractivity contribution in [2.75, 3.05) is 26.7 Å². The predicted octanol–water partition coefficient (Wildman–Crippen LogP) is -0.208. The van der Waals surface area contributed by atoms with E-state index < -0.39 is 0 Å². The van der Waals surface area contributed by atoms with Crippen LogP contribution in [-0.4, -0.2) is 43.5 Å². The second-order valence-corrected chi connectivity index (χ2v) is 4.17. The van der Waals surface area contributed by atoms with Gasteiger partial charge in [0.1, 0.15) is 0 Å². The molecule has 1 saturated heterocycles. The van der Waals surface area contributed by atoms with E-state index in [1.54, 1.807) is 0 Å². The lowest BCUT2D eigenvalue weighted by molar-refractivity contribution is -0.121. The number of amides is 1. The van der Waals surface area contributed by atoms with Gasteiger partial charge < -0.3 is 16.0 Å². The third-order valence-corrected chi connectivity index (χ3v) is 3.01. The van der Waals surface area contributed by atoms with Crippen LogP contribution in [0.15, 0.2) is 0 Å². The van der Waals surface area contributed by atoms with Crippen LogP contribution in [0.4, 0.5) is 0 Å². The monoisotopic (exact) mass is 199 g/mol. The summed E-state index contributed by atoms with van der Waals surface area (Å²) in [4.78, 5) is 13.2. The highest BCUT2D eigenvalue weighted by molar-refractivity contribution is 5.76. The van der Waals surface area contributed by atoms with E-state index in [1.165, 1.54) is 12.8 Å². The van der Waals surface area contributed by atoms with Crippen molar-refractivity contribution in [2.24, 2.45) is 11.7 Å². The number of carbonyl (C=O) groups excluding carboxylic acids is 1. The van der Waals surface area contributed by atoms with Crippen molar-refractivity contribution in [3.63, 3.8) is 0 Å². The zero-order valence-electron chi connectivity index (χ0n) is 9.12. The van der Waals surface area contributed by atoms with Crippen LogP contribution in [0.2, 0.25) is 0 Å². The molecule has 0 radical (unpaired) electrons. The average molecular weight is 199 g/mol. The first kappa shape index (κ1) is 11.5. The molecule has 1 atom stereocenters. The summed E-state index contributed by atoms with van der Waals surface area (Å²) in [6, 6.07) is 0.648. The van der Waals surface area contributed by atoms with E-state index in [9.17, 15) is 4.79 Å². The average Bonchev–Trinajstić information content (AvgIpc) is 2.19. The first-order valence-corrected chi connectivity index (χ1v) is 5.32. The van der Waals surface area contributed by atoms with Gasteiger partial charge >= 0.3 is 0 Å². The molecular formula is C10H21N3O. The molecule has 1 amide bonds. The molecule has 3 N–H and O–H groups in total. The minimum Gasteiger partial charge on any atom is -0.369 e. The summed E-state index contributed by atoms with van der Waals surface area (Å²) >= 11 is 0. The third-order valence-electron chi connectivity index (χ3n) is 3.01. The number of piperidine rings is 1. The van der Waals surface area contributed by atoms with Crippen molar-refractivity contribution in [3.05, 3.63) is 0 Å². The van der Waals surface area contributed by atoms with Crippen LogP contribution in [0.25, 0.3) is 0 Å². The van der Waals surface area contributed by atoms with E-state index in [2.05, 4.69) is 10.2 Å². The second kappa shape index (κ2) is 5.32. The molecule has 4 heteroatoms. The molecule has 1 fully saturated rings. The van der Waals surface area contributed by atoms with E-state index in [0.29, 0.717) is 6.04 Å². The number of hydrogen-bond donors (Lipinski definition) is 2. The first-order valence-electron chi connectivity index (χ1n) is 5.32. The highest BCUT2D eigenvalue weighted by atomic mass is 16.1. The first-order chi connectivity index (χ1) is 6.63. The summed E-state index contributed by atoms with van der Waals surface area (Å²) in [5, 5.41) is 3.28. The molecule has 1 unspecified atom stereocenters. The lowest BCUT2D eigenvalue weighted by atomic mass is 10.0. The minimum atomic E-state index is -0.194. The number of primary amides is 1. The standard InChI is InChI=1S/C10H21N3O/c1-8(10(11)14)7-13-5-3-9(12-2)4-6-13/h8-9,12H,3-7H2,1-2H3,(H2,11,14). The summed E-state index contributed by atoms with van der Waals surface area (Å²) in [7, 11) is 2.01. The summed E-state index contributed by atoms with van der Waals surface area (Å²) in [6.45, 7) is 4.85. The van der Waals surface area contributed by atoms with Crippen molar-refractivity contribution in [1.29, 1.82) is 0 Å². The molecular weight excluding hydrogens is 178 g/mol. The molecule has 0 aromatic heterocycles. The lowest BCUT2D eigenvalue weighted by Gasteiger charge is -2.32. The molecule has 0 aromatic rings. The van der Waals surface area contributed by atoms with Gasteiger partial charge in [0.2, 0.25) is 5.91 Å². The second-order valence-electron chi connectivity index (χ2n) is 4.17. The molecule has 1 rings (SSSR count). The van der Waals surface area contributed by atoms with Gasteiger partial charge in [-0.15, -0.1) is 0 Å². The van der Waals surface area contributed by atoms with E-state index in [1.807, 2.05) is 14.0 Å². The van der Waals surface area contributed by atoms with Crippen molar-refractivity contribution in [1.82, 2.24) is 10.2 Å². The molecule has 4 nitrogen and oxygen atoms in total. The van der Waals surface area contributed by atoms with Crippen LogP contribution < -0.4 is 11.1 Å². The van der Waals surface area contributed by atoms with Crippen LogP contribution in [0, 0.1) is 5.92 Å². The molecule has 1 heterocycles. The van der Waals surface area contributed by atoms with Gasteiger partial charge in [-0.1, -0.05) is 6.92 Å². The van der Waals surface area contributed by atoms with Crippen LogP contribution in [0.3, 0.4) is 0 Å². The van der Waals surface area contributed by atoms with E-state index >= 15 is 0 Å². The van der Waals surface area contributed by atoms with Crippen molar-refractivity contribution in [2.45, 2.75) is 25.8 Å². The summed E-state index contributed by atoms with van der Waals surface area (Å²) in [6.07, 6.45) is 2.34. The van der Waals surface area contributed by atoms with E-state index in [0.717, 1.165) is 19.6 Å². The predicted molar refractivity (Wildman–Crippen MR) is 56.9 cm³/mol. The Balaban J connectivity index is 2.25. The van der Waals surface area contributed by atoms with Gasteiger partial charge in [0, 0.05) is 18.5 Å². The van der Waals surface area contributed by atoms with Gasteiger partial charge in [0.25, 0.3) is 0 Å². The van der Waals surface area contributed by atoms with Crippen LogP contribution in [0.5, 0.6) is 0 Å². The topological polar surface area (TPSA) is 58.4 Å². The smallest absolute Gasteiger partial charge is 0.221 e. The number of rotatable bonds is 4. The van der Waals surface area contributed by atoms with Gasteiger partial charge in [0.05, 0.1) is 0 Å². The summed E-state index contributed by atoms with van der Waals surface area (Å²) in [5.74, 6) is -0.220. The largest absolute Gasteiger partial charge is 0.369 e. The highest BCUT2D eigenvalue weighted by Crippen LogP contribution is 2.11. The quantitative estimate of drug-likeness (QED) is 0.659. The molecule has 1 aliphatic rings. The normalized spacial score (nSPS) is 22.1. The Morgan fingerprint density at radius 1 is 1.57 bits per heavy atom. The van der Waals surface area contributed by atoms with E-state index in [4.69, 9.17) is 5.73 Å². The van der Waals surface area contributed by atoms with Crippen LogP contribution in [-0.2, 0) is 4.79 Å². The summed E-state index contributed by atoms with van der Waals surface area (Å²) < 4.78 is 0. The molecule has 82 valence electrons. The number of carbonyl (C=O) groups is 1. The highest BCUT2D eigenvalue weighted by Gasteiger charge is 2.20. The van der Waals surface area contributed by atoms with Gasteiger partial charge in [-0.05, 0) is 33.0 Å². The number of nitrogens with two attached hydrogens (primary N) is 1. The Labute approximate surface area is 85.8 Å². The maximum Gasteiger partial charge on any atom is 0.221 e. The maximum atomic E-state index is 10.9. The van der Waals surface area contributed by atoms with Gasteiger partial charge in [-0.3, -0.25) is 4.79 Å². The van der Waals surface area contributed by atoms with Gasteiger partial charge in [-0.25, -0.2) is 0 Å². The maximum absolute atomic E-state index is 10.9.